The number of amides is 1. The molecule has 1 amide bonds. The van der Waals surface area contributed by atoms with Crippen molar-refractivity contribution >= 4 is 17.7 Å². The van der Waals surface area contributed by atoms with E-state index < -0.39 is 17.9 Å². The summed E-state index contributed by atoms with van der Waals surface area (Å²) in [6.07, 6.45) is 1.47. The Morgan fingerprint density at radius 2 is 2.28 bits per heavy atom. The second-order valence-corrected chi connectivity index (χ2v) is 3.71. The first-order valence-corrected chi connectivity index (χ1v) is 5.21. The molecule has 7 heteroatoms. The molecular formula is C11H15N3O4. The highest BCUT2D eigenvalue weighted by Crippen LogP contribution is 2.16. The lowest BCUT2D eigenvalue weighted by Gasteiger charge is -2.16. The second-order valence-electron chi connectivity index (χ2n) is 3.71. The third kappa shape index (κ3) is 3.17. The first-order chi connectivity index (χ1) is 8.47. The molecule has 0 aliphatic rings. The minimum Gasteiger partial charge on any atom is -0.480 e. The predicted molar refractivity (Wildman–Crippen MR) is 64.4 cm³/mol. The number of anilines is 1. The molecule has 1 atom stereocenters. The maximum Gasteiger partial charge on any atom is 0.328 e. The van der Waals surface area contributed by atoms with Crippen LogP contribution in [-0.2, 0) is 9.53 Å². The largest absolute Gasteiger partial charge is 0.480 e. The highest BCUT2D eigenvalue weighted by atomic mass is 16.5. The van der Waals surface area contributed by atoms with E-state index >= 15 is 0 Å². The molecule has 0 aliphatic carbocycles. The summed E-state index contributed by atoms with van der Waals surface area (Å²) in [4.78, 5) is 26.2. The van der Waals surface area contributed by atoms with Gasteiger partial charge in [0.1, 0.15) is 11.9 Å². The summed E-state index contributed by atoms with van der Waals surface area (Å²) in [7, 11) is 1.39. The summed E-state index contributed by atoms with van der Waals surface area (Å²) in [5, 5.41) is 11.6. The van der Waals surface area contributed by atoms with Crippen LogP contribution in [0.15, 0.2) is 12.3 Å². The summed E-state index contributed by atoms with van der Waals surface area (Å²) in [5.74, 6) is -1.62. The van der Waals surface area contributed by atoms with Gasteiger partial charge in [-0.15, -0.1) is 0 Å². The fourth-order valence-corrected chi connectivity index (χ4v) is 1.49. The van der Waals surface area contributed by atoms with Crippen LogP contribution < -0.4 is 11.1 Å². The molecule has 18 heavy (non-hydrogen) atoms. The number of pyridine rings is 1. The Hall–Kier alpha value is -2.15. The van der Waals surface area contributed by atoms with Crippen LogP contribution in [0.3, 0.4) is 0 Å². The van der Waals surface area contributed by atoms with E-state index in [-0.39, 0.29) is 18.0 Å². The number of carboxylic acid groups (broad SMARTS) is 1. The van der Waals surface area contributed by atoms with Crippen LogP contribution in [0.2, 0.25) is 0 Å². The van der Waals surface area contributed by atoms with E-state index in [0.717, 1.165) is 0 Å². The molecule has 0 aliphatic heterocycles. The normalized spacial score (nSPS) is 11.9. The molecule has 98 valence electrons. The summed E-state index contributed by atoms with van der Waals surface area (Å²) in [6.45, 7) is 1.64. The van der Waals surface area contributed by atoms with Gasteiger partial charge in [0.15, 0.2) is 0 Å². The molecule has 1 heterocycles. The number of aliphatic carboxylic acids is 1. The van der Waals surface area contributed by atoms with Gasteiger partial charge in [0, 0.05) is 13.3 Å². The summed E-state index contributed by atoms with van der Waals surface area (Å²) < 4.78 is 4.78. The lowest BCUT2D eigenvalue weighted by molar-refractivity contribution is -0.139. The van der Waals surface area contributed by atoms with E-state index in [1.165, 1.54) is 13.3 Å². The molecule has 7 nitrogen and oxygen atoms in total. The minimum absolute atomic E-state index is 0.0524. The van der Waals surface area contributed by atoms with E-state index in [4.69, 9.17) is 15.6 Å². The Bertz CT molecular complexity index is 462. The number of aromatic nitrogens is 1. The zero-order valence-corrected chi connectivity index (χ0v) is 10.1. The highest BCUT2D eigenvalue weighted by Gasteiger charge is 2.21. The molecule has 0 saturated heterocycles. The molecule has 0 spiro atoms. The average molecular weight is 253 g/mol. The first-order valence-electron chi connectivity index (χ1n) is 5.21. The van der Waals surface area contributed by atoms with Crippen molar-refractivity contribution in [2.45, 2.75) is 13.0 Å². The quantitative estimate of drug-likeness (QED) is 0.657. The first kappa shape index (κ1) is 13.9. The Kier molecular flexibility index (Phi) is 4.61. The van der Waals surface area contributed by atoms with Crippen LogP contribution in [0.5, 0.6) is 0 Å². The summed E-state index contributed by atoms with van der Waals surface area (Å²) in [6, 6.07) is 0.625. The maximum atomic E-state index is 11.3. The molecule has 0 aromatic carbocycles. The molecule has 0 radical (unpaired) electrons. The molecular weight excluding hydrogens is 238 g/mol. The maximum absolute atomic E-state index is 11.3. The van der Waals surface area contributed by atoms with E-state index in [1.807, 2.05) is 0 Å². The number of methoxy groups -OCH3 is 1. The lowest BCUT2D eigenvalue weighted by atomic mass is 10.1. The van der Waals surface area contributed by atoms with Gasteiger partial charge in [-0.3, -0.25) is 4.79 Å². The molecule has 0 bridgehead atoms. The van der Waals surface area contributed by atoms with E-state index in [1.54, 1.807) is 13.0 Å². The van der Waals surface area contributed by atoms with Crippen LogP contribution in [-0.4, -0.2) is 41.7 Å². The monoisotopic (exact) mass is 253 g/mol. The number of primary amides is 1. The fraction of sp³-hybridized carbons (Fsp3) is 0.364. The van der Waals surface area contributed by atoms with Gasteiger partial charge >= 0.3 is 5.97 Å². The van der Waals surface area contributed by atoms with Crippen molar-refractivity contribution in [3.05, 3.63) is 23.4 Å². The van der Waals surface area contributed by atoms with Gasteiger partial charge in [-0.2, -0.15) is 0 Å². The molecule has 1 aromatic heterocycles. The SMILES string of the molecule is COCC(Nc1nccc(C)c1C(N)=O)C(=O)O. The molecule has 0 saturated carbocycles. The van der Waals surface area contributed by atoms with Crippen LogP contribution in [0.1, 0.15) is 15.9 Å². The topological polar surface area (TPSA) is 115 Å². The fourth-order valence-electron chi connectivity index (χ4n) is 1.49. The van der Waals surface area contributed by atoms with Crippen molar-refractivity contribution in [2.24, 2.45) is 5.73 Å². The number of nitrogens with one attached hydrogen (secondary N) is 1. The third-order valence-electron chi connectivity index (χ3n) is 2.35. The average Bonchev–Trinajstić information content (AvgIpc) is 2.27. The van der Waals surface area contributed by atoms with E-state index in [9.17, 15) is 9.59 Å². The number of hydrogen-bond acceptors (Lipinski definition) is 5. The van der Waals surface area contributed by atoms with Crippen molar-refractivity contribution in [2.75, 3.05) is 19.0 Å². The minimum atomic E-state index is -1.10. The Morgan fingerprint density at radius 1 is 1.61 bits per heavy atom. The van der Waals surface area contributed by atoms with E-state index in [2.05, 4.69) is 10.3 Å². The van der Waals surface area contributed by atoms with Gasteiger partial charge < -0.3 is 20.9 Å². The van der Waals surface area contributed by atoms with Gasteiger partial charge in [-0.1, -0.05) is 0 Å². The zero-order chi connectivity index (χ0) is 13.7. The van der Waals surface area contributed by atoms with Crippen LogP contribution in [0.25, 0.3) is 0 Å². The number of rotatable bonds is 6. The smallest absolute Gasteiger partial charge is 0.328 e. The van der Waals surface area contributed by atoms with Crippen molar-refractivity contribution in [3.63, 3.8) is 0 Å². The molecule has 1 unspecified atom stereocenters. The number of nitrogens with two attached hydrogens (primary N) is 1. The van der Waals surface area contributed by atoms with Gasteiger partial charge in [0.05, 0.1) is 12.2 Å². The number of hydrogen-bond donors (Lipinski definition) is 3. The number of nitrogens with zero attached hydrogens (tertiary/aromatic N) is 1. The molecule has 1 aromatic rings. The van der Waals surface area contributed by atoms with Gasteiger partial charge in [-0.05, 0) is 18.6 Å². The Morgan fingerprint density at radius 3 is 2.78 bits per heavy atom. The Balaban J connectivity index is 3.06. The highest BCUT2D eigenvalue weighted by molar-refractivity contribution is 5.99. The molecule has 1 rings (SSSR count). The predicted octanol–water partition coefficient (Wildman–Crippen LogP) is 0.000420. The summed E-state index contributed by atoms with van der Waals surface area (Å²) >= 11 is 0. The van der Waals surface area contributed by atoms with Crippen molar-refractivity contribution < 1.29 is 19.4 Å². The summed E-state index contributed by atoms with van der Waals surface area (Å²) in [5.41, 5.74) is 6.05. The Labute approximate surface area is 104 Å². The van der Waals surface area contributed by atoms with Crippen molar-refractivity contribution in [1.82, 2.24) is 4.98 Å². The van der Waals surface area contributed by atoms with Gasteiger partial charge in [-0.25, -0.2) is 9.78 Å². The molecule has 4 N–H and O–H groups in total. The molecule has 0 fully saturated rings. The standard InChI is InChI=1S/C11H15N3O4/c1-6-3-4-13-10(8(6)9(12)15)14-7(5-18-2)11(16)17/h3-4,7H,5H2,1-2H3,(H2,12,15)(H,13,14)(H,16,17). The number of carboxylic acids is 1. The van der Waals surface area contributed by atoms with Crippen molar-refractivity contribution in [1.29, 1.82) is 0 Å². The van der Waals surface area contributed by atoms with Crippen LogP contribution in [0.4, 0.5) is 5.82 Å². The van der Waals surface area contributed by atoms with Gasteiger partial charge in [0.2, 0.25) is 0 Å². The number of ether oxygens (including phenoxy) is 1. The number of carbonyl (C=O) groups excluding carboxylic acids is 1. The lowest BCUT2D eigenvalue weighted by Crippen LogP contribution is -2.35. The zero-order valence-electron chi connectivity index (χ0n) is 10.1. The van der Waals surface area contributed by atoms with Crippen LogP contribution in [0, 0.1) is 6.92 Å². The van der Waals surface area contributed by atoms with Crippen LogP contribution >= 0.6 is 0 Å². The van der Waals surface area contributed by atoms with E-state index in [0.29, 0.717) is 5.56 Å². The van der Waals surface area contributed by atoms with Crippen molar-refractivity contribution in [3.8, 4) is 0 Å². The second kappa shape index (κ2) is 5.97. The third-order valence-corrected chi connectivity index (χ3v) is 2.35. The number of carbonyl (C=O) groups is 2. The van der Waals surface area contributed by atoms with Gasteiger partial charge in [0.25, 0.3) is 5.91 Å². The number of aryl methyl sites for hydroxylation is 1.